The van der Waals surface area contributed by atoms with E-state index in [0.717, 1.165) is 11.5 Å². The van der Waals surface area contributed by atoms with E-state index in [-0.39, 0.29) is 16.7 Å². The fourth-order valence-electron chi connectivity index (χ4n) is 0.635. The molecule has 0 saturated heterocycles. The third-order valence-electron chi connectivity index (χ3n) is 1.63. The van der Waals surface area contributed by atoms with E-state index in [9.17, 15) is 9.59 Å². The highest BCUT2D eigenvalue weighted by molar-refractivity contribution is 7.09. The first kappa shape index (κ1) is 13.0. The molecule has 0 aliphatic heterocycles. The van der Waals surface area contributed by atoms with Gasteiger partial charge in [0.25, 0.3) is 6.29 Å². The monoisotopic (exact) mass is 257 g/mol. The molecule has 9 heteroatoms. The average molecular weight is 257 g/mol. The molecule has 1 radical (unpaired) electrons. The van der Waals surface area contributed by atoms with Crippen molar-refractivity contribution >= 4 is 34.6 Å². The molecule has 0 saturated carbocycles. The van der Waals surface area contributed by atoms with E-state index in [2.05, 4.69) is 14.5 Å². The van der Waals surface area contributed by atoms with Gasteiger partial charge in [-0.3, -0.25) is 4.79 Å². The smallest absolute Gasteiger partial charge is 0.350 e. The number of oxime groups is 1. The van der Waals surface area contributed by atoms with Crippen molar-refractivity contribution in [3.8, 4) is 0 Å². The van der Waals surface area contributed by atoms with Crippen molar-refractivity contribution in [1.29, 1.82) is 0 Å². The molecule has 0 aliphatic rings. The van der Waals surface area contributed by atoms with Gasteiger partial charge in [-0.05, 0) is 13.8 Å². The first-order valence-electron chi connectivity index (χ1n) is 4.34. The van der Waals surface area contributed by atoms with Crippen LogP contribution >= 0.6 is 11.5 Å². The highest BCUT2D eigenvalue weighted by atomic mass is 32.1. The molecule has 0 atom stereocenters. The Morgan fingerprint density at radius 2 is 2.29 bits per heavy atom. The first-order valence-corrected chi connectivity index (χ1v) is 5.11. The van der Waals surface area contributed by atoms with Crippen LogP contribution in [0.5, 0.6) is 0 Å². The molecule has 0 amide bonds. The van der Waals surface area contributed by atoms with E-state index in [1.165, 1.54) is 20.1 Å². The number of carbonyl (C=O) groups excluding carboxylic acids is 1. The van der Waals surface area contributed by atoms with Crippen LogP contribution in [0.4, 0.5) is 5.13 Å². The zero-order valence-electron chi connectivity index (χ0n) is 9.00. The van der Waals surface area contributed by atoms with Crippen LogP contribution < -0.4 is 5.73 Å². The lowest BCUT2D eigenvalue weighted by molar-refractivity contribution is -0.161. The second-order valence-electron chi connectivity index (χ2n) is 3.40. The number of aliphatic carboxylic acids is 1. The standard InChI is InChI=1S/C8H9N4O4S/c1-8(2,6(14)15)16-11-4(3-13)5-10-7(9)17-12-5/h1-2H3,(H,14,15)(H2,9,10,12)/b11-4-. The molecular weight excluding hydrogens is 248 g/mol. The molecule has 8 nitrogen and oxygen atoms in total. The molecule has 1 heterocycles. The van der Waals surface area contributed by atoms with Crippen LogP contribution in [0.25, 0.3) is 0 Å². The Labute approximate surface area is 100 Å². The summed E-state index contributed by atoms with van der Waals surface area (Å²) >= 11 is 0.873. The van der Waals surface area contributed by atoms with Gasteiger partial charge in [0, 0.05) is 11.5 Å². The maximum atomic E-state index is 10.7. The fraction of sp³-hybridized carbons (Fsp3) is 0.375. The van der Waals surface area contributed by atoms with Gasteiger partial charge in [-0.1, -0.05) is 5.16 Å². The minimum absolute atomic E-state index is 0.0521. The summed E-state index contributed by atoms with van der Waals surface area (Å²) in [5.41, 5.74) is 3.42. The molecule has 0 fully saturated rings. The van der Waals surface area contributed by atoms with Gasteiger partial charge in [0.2, 0.25) is 11.4 Å². The molecular formula is C8H9N4O4S. The van der Waals surface area contributed by atoms with Crippen molar-refractivity contribution in [2.75, 3.05) is 5.73 Å². The Balaban J connectivity index is 2.89. The van der Waals surface area contributed by atoms with E-state index in [4.69, 9.17) is 15.7 Å². The summed E-state index contributed by atoms with van der Waals surface area (Å²) in [5, 5.41) is 12.3. The highest BCUT2D eigenvalue weighted by Gasteiger charge is 2.30. The van der Waals surface area contributed by atoms with Gasteiger partial charge in [0.15, 0.2) is 10.8 Å². The number of nitrogens with zero attached hydrogens (tertiary/aromatic N) is 3. The Morgan fingerprint density at radius 3 is 2.71 bits per heavy atom. The lowest BCUT2D eigenvalue weighted by atomic mass is 10.1. The van der Waals surface area contributed by atoms with Gasteiger partial charge >= 0.3 is 5.97 Å². The third kappa shape index (κ3) is 3.21. The van der Waals surface area contributed by atoms with Crippen molar-refractivity contribution in [3.63, 3.8) is 0 Å². The van der Waals surface area contributed by atoms with Crippen molar-refractivity contribution < 1.29 is 19.5 Å². The Kier molecular flexibility index (Phi) is 3.73. The number of hydrogen-bond acceptors (Lipinski definition) is 8. The van der Waals surface area contributed by atoms with Gasteiger partial charge in [0.05, 0.1) is 0 Å². The molecule has 0 bridgehead atoms. The predicted molar refractivity (Wildman–Crippen MR) is 59.4 cm³/mol. The highest BCUT2D eigenvalue weighted by Crippen LogP contribution is 2.11. The maximum Gasteiger partial charge on any atom is 0.350 e. The number of hydrogen-bond donors (Lipinski definition) is 2. The van der Waals surface area contributed by atoms with Gasteiger partial charge in [-0.2, -0.15) is 9.36 Å². The van der Waals surface area contributed by atoms with Crippen LogP contribution in [0.2, 0.25) is 0 Å². The van der Waals surface area contributed by atoms with E-state index in [1.54, 1.807) is 0 Å². The largest absolute Gasteiger partial charge is 0.478 e. The normalized spacial score (nSPS) is 12.2. The number of anilines is 1. The predicted octanol–water partition coefficient (Wildman–Crippen LogP) is -0.186. The van der Waals surface area contributed by atoms with Gasteiger partial charge in [-0.15, -0.1) is 0 Å². The van der Waals surface area contributed by atoms with Crippen LogP contribution in [0, 0.1) is 0 Å². The first-order chi connectivity index (χ1) is 7.86. The molecule has 1 aromatic rings. The van der Waals surface area contributed by atoms with Crippen molar-refractivity contribution in [2.24, 2.45) is 5.16 Å². The van der Waals surface area contributed by atoms with Crippen LogP contribution in [0.15, 0.2) is 5.16 Å². The molecule has 0 aliphatic carbocycles. The number of aromatic nitrogens is 2. The van der Waals surface area contributed by atoms with Crippen molar-refractivity contribution in [1.82, 2.24) is 9.36 Å². The van der Waals surface area contributed by atoms with E-state index < -0.39 is 11.6 Å². The summed E-state index contributed by atoms with van der Waals surface area (Å²) in [6, 6.07) is 0. The number of carbonyl (C=O) groups is 1. The molecule has 1 rings (SSSR count). The van der Waals surface area contributed by atoms with E-state index >= 15 is 0 Å². The second kappa shape index (κ2) is 4.87. The summed E-state index contributed by atoms with van der Waals surface area (Å²) in [6.45, 7) is 2.56. The zero-order valence-corrected chi connectivity index (χ0v) is 9.82. The average Bonchev–Trinajstić information content (AvgIpc) is 2.65. The van der Waals surface area contributed by atoms with Crippen LogP contribution in [-0.4, -0.2) is 38.0 Å². The fourth-order valence-corrected chi connectivity index (χ4v) is 1.07. The van der Waals surface area contributed by atoms with Crippen LogP contribution in [-0.2, 0) is 14.4 Å². The Bertz CT molecular complexity index is 468. The molecule has 17 heavy (non-hydrogen) atoms. The number of carboxylic acid groups (broad SMARTS) is 1. The third-order valence-corrected chi connectivity index (χ3v) is 2.17. The summed E-state index contributed by atoms with van der Waals surface area (Å²) in [5.74, 6) is -1.28. The Hall–Kier alpha value is -2.03. The lowest BCUT2D eigenvalue weighted by Gasteiger charge is -2.15. The van der Waals surface area contributed by atoms with Crippen molar-refractivity contribution in [2.45, 2.75) is 19.4 Å². The quantitative estimate of drug-likeness (QED) is 0.552. The van der Waals surface area contributed by atoms with E-state index in [1.807, 2.05) is 0 Å². The van der Waals surface area contributed by atoms with Gasteiger partial charge < -0.3 is 15.7 Å². The molecule has 0 spiro atoms. The summed E-state index contributed by atoms with van der Waals surface area (Å²) in [6.07, 6.45) is 1.45. The number of rotatable bonds is 5. The van der Waals surface area contributed by atoms with Crippen LogP contribution in [0.1, 0.15) is 19.7 Å². The Morgan fingerprint density at radius 1 is 1.65 bits per heavy atom. The molecule has 1 aromatic heterocycles. The van der Waals surface area contributed by atoms with Gasteiger partial charge in [-0.25, -0.2) is 4.79 Å². The topological polar surface area (TPSA) is 128 Å². The SMILES string of the molecule is CC(C)(O/N=C(/[C]=O)c1nsc(N)n1)C(=O)O. The summed E-state index contributed by atoms with van der Waals surface area (Å²) in [7, 11) is 0. The van der Waals surface area contributed by atoms with Crippen LogP contribution in [0.3, 0.4) is 0 Å². The summed E-state index contributed by atoms with van der Waals surface area (Å²) in [4.78, 5) is 29.7. The molecule has 91 valence electrons. The minimum Gasteiger partial charge on any atom is -0.478 e. The number of carboxylic acids is 1. The molecule has 3 N–H and O–H groups in total. The molecule has 0 unspecified atom stereocenters. The van der Waals surface area contributed by atoms with E-state index in [0.29, 0.717) is 0 Å². The lowest BCUT2D eigenvalue weighted by Crippen LogP contribution is -2.33. The minimum atomic E-state index is -1.57. The zero-order chi connectivity index (χ0) is 13.1. The molecule has 0 aromatic carbocycles. The van der Waals surface area contributed by atoms with Crippen molar-refractivity contribution in [3.05, 3.63) is 5.82 Å². The number of nitrogens with two attached hydrogens (primary N) is 1. The second-order valence-corrected chi connectivity index (χ2v) is 4.19. The number of nitrogen functional groups attached to an aromatic ring is 1. The van der Waals surface area contributed by atoms with Gasteiger partial charge in [0.1, 0.15) is 0 Å². The maximum absolute atomic E-state index is 10.7. The summed E-state index contributed by atoms with van der Waals surface area (Å²) < 4.78 is 3.72.